The first-order chi connectivity index (χ1) is 14.9. The third-order valence-corrected chi connectivity index (χ3v) is 9.26. The third kappa shape index (κ3) is 5.37. The number of carbonyl (C=O) groups is 1. The molecular formula is C23H31N3O3S2. The highest BCUT2D eigenvalue weighted by atomic mass is 32.2. The Bertz CT molecular complexity index is 960. The van der Waals surface area contributed by atoms with Crippen LogP contribution in [0.2, 0.25) is 0 Å². The summed E-state index contributed by atoms with van der Waals surface area (Å²) < 4.78 is 27.3. The fourth-order valence-corrected chi connectivity index (χ4v) is 6.88. The minimum atomic E-state index is -3.48. The topological polar surface area (TPSA) is 69.7 Å². The molecule has 1 aromatic carbocycles. The molecule has 6 nitrogen and oxygen atoms in total. The SMILES string of the molecule is Cc1ccc(S(=O)(=O)N2CCN(CC(=O)NC(c3cccs3)C3CCCC3)CC2)cc1. The Morgan fingerprint density at radius 3 is 2.39 bits per heavy atom. The molecular weight excluding hydrogens is 430 g/mol. The minimum Gasteiger partial charge on any atom is -0.347 e. The van der Waals surface area contributed by atoms with Crippen LogP contribution < -0.4 is 5.32 Å². The molecule has 1 saturated heterocycles. The summed E-state index contributed by atoms with van der Waals surface area (Å²) in [4.78, 5) is 16.4. The van der Waals surface area contributed by atoms with E-state index in [1.165, 1.54) is 34.9 Å². The van der Waals surface area contributed by atoms with Gasteiger partial charge >= 0.3 is 0 Å². The van der Waals surface area contributed by atoms with Crippen molar-refractivity contribution in [2.75, 3.05) is 32.7 Å². The lowest BCUT2D eigenvalue weighted by molar-refractivity contribution is -0.123. The van der Waals surface area contributed by atoms with Gasteiger partial charge in [-0.25, -0.2) is 8.42 Å². The number of amides is 1. The number of rotatable bonds is 7. The van der Waals surface area contributed by atoms with Crippen LogP contribution in [-0.2, 0) is 14.8 Å². The number of thiophene rings is 1. The molecule has 2 fully saturated rings. The molecule has 1 aliphatic carbocycles. The summed E-state index contributed by atoms with van der Waals surface area (Å²) in [5, 5.41) is 5.35. The molecule has 2 aliphatic rings. The predicted molar refractivity (Wildman–Crippen MR) is 124 cm³/mol. The number of carbonyl (C=O) groups excluding carboxylic acids is 1. The summed E-state index contributed by atoms with van der Waals surface area (Å²) in [6, 6.07) is 11.2. The third-order valence-electron chi connectivity index (χ3n) is 6.39. The fourth-order valence-electron chi connectivity index (χ4n) is 4.59. The van der Waals surface area contributed by atoms with Crippen LogP contribution in [0.25, 0.3) is 0 Å². The van der Waals surface area contributed by atoms with Gasteiger partial charge in [0.25, 0.3) is 0 Å². The lowest BCUT2D eigenvalue weighted by Crippen LogP contribution is -2.51. The number of hydrogen-bond acceptors (Lipinski definition) is 5. The van der Waals surface area contributed by atoms with Crippen LogP contribution in [0.4, 0.5) is 0 Å². The van der Waals surface area contributed by atoms with Gasteiger partial charge in [0.1, 0.15) is 0 Å². The molecule has 4 rings (SSSR count). The summed E-state index contributed by atoms with van der Waals surface area (Å²) in [5.41, 5.74) is 1.04. The average Bonchev–Trinajstić information content (AvgIpc) is 3.47. The van der Waals surface area contributed by atoms with E-state index in [9.17, 15) is 13.2 Å². The zero-order valence-electron chi connectivity index (χ0n) is 18.0. The number of sulfonamides is 1. The molecule has 8 heteroatoms. The quantitative estimate of drug-likeness (QED) is 0.686. The van der Waals surface area contributed by atoms with Crippen molar-refractivity contribution in [3.8, 4) is 0 Å². The van der Waals surface area contributed by atoms with Crippen LogP contribution in [0, 0.1) is 12.8 Å². The van der Waals surface area contributed by atoms with Gasteiger partial charge in [0.2, 0.25) is 15.9 Å². The molecule has 1 N–H and O–H groups in total. The monoisotopic (exact) mass is 461 g/mol. The zero-order chi connectivity index (χ0) is 21.8. The first-order valence-electron chi connectivity index (χ1n) is 11.1. The maximum Gasteiger partial charge on any atom is 0.243 e. The van der Waals surface area contributed by atoms with Crippen molar-refractivity contribution in [1.82, 2.24) is 14.5 Å². The van der Waals surface area contributed by atoms with Gasteiger partial charge in [-0.05, 0) is 49.3 Å². The number of hydrogen-bond donors (Lipinski definition) is 1. The highest BCUT2D eigenvalue weighted by Crippen LogP contribution is 2.37. The number of nitrogens with one attached hydrogen (secondary N) is 1. The van der Waals surface area contributed by atoms with E-state index in [4.69, 9.17) is 0 Å². The van der Waals surface area contributed by atoms with Crippen molar-refractivity contribution < 1.29 is 13.2 Å². The molecule has 31 heavy (non-hydrogen) atoms. The molecule has 0 radical (unpaired) electrons. The molecule has 168 valence electrons. The Hall–Kier alpha value is -1.74. The molecule has 2 heterocycles. The fraction of sp³-hybridized carbons (Fsp3) is 0.522. The molecule has 1 aromatic heterocycles. The van der Waals surface area contributed by atoms with Crippen LogP contribution in [0.3, 0.4) is 0 Å². The van der Waals surface area contributed by atoms with Crippen molar-refractivity contribution >= 4 is 27.3 Å². The van der Waals surface area contributed by atoms with Crippen LogP contribution in [0.15, 0.2) is 46.7 Å². The van der Waals surface area contributed by atoms with E-state index < -0.39 is 10.0 Å². The second-order valence-electron chi connectivity index (χ2n) is 8.60. The normalized spacial score (nSPS) is 20.0. The molecule has 0 bridgehead atoms. The maximum absolute atomic E-state index is 12.9. The molecule has 2 aromatic rings. The van der Waals surface area contributed by atoms with Gasteiger partial charge in [0.05, 0.1) is 17.5 Å². The molecule has 1 unspecified atom stereocenters. The van der Waals surface area contributed by atoms with E-state index in [0.717, 1.165) is 5.56 Å². The van der Waals surface area contributed by atoms with Gasteiger partial charge in [0, 0.05) is 31.1 Å². The van der Waals surface area contributed by atoms with Crippen LogP contribution >= 0.6 is 11.3 Å². The van der Waals surface area contributed by atoms with Gasteiger partial charge in [-0.3, -0.25) is 9.69 Å². The highest BCUT2D eigenvalue weighted by Gasteiger charge is 2.31. The maximum atomic E-state index is 12.9. The van der Waals surface area contributed by atoms with Gasteiger partial charge < -0.3 is 5.32 Å². The van der Waals surface area contributed by atoms with Crippen LogP contribution in [0.1, 0.15) is 42.2 Å². The Labute approximate surface area is 189 Å². The van der Waals surface area contributed by atoms with E-state index >= 15 is 0 Å². The van der Waals surface area contributed by atoms with E-state index in [0.29, 0.717) is 43.5 Å². The standard InChI is InChI=1S/C23H31N3O3S2/c1-18-8-10-20(11-9-18)31(28,29)26-14-12-25(13-15-26)17-22(27)24-23(19-5-2-3-6-19)21-7-4-16-30-21/h4,7-11,16,19,23H,2-3,5-6,12-15,17H2,1H3,(H,24,27). The summed E-state index contributed by atoms with van der Waals surface area (Å²) in [5.74, 6) is 0.541. The van der Waals surface area contributed by atoms with Gasteiger partial charge in [0.15, 0.2) is 0 Å². The summed E-state index contributed by atoms with van der Waals surface area (Å²) in [6.45, 7) is 4.18. The second kappa shape index (κ2) is 9.81. The molecule has 1 amide bonds. The first-order valence-corrected chi connectivity index (χ1v) is 13.4. The lowest BCUT2D eigenvalue weighted by Gasteiger charge is -2.34. The average molecular weight is 462 g/mol. The molecule has 1 saturated carbocycles. The minimum absolute atomic E-state index is 0.0279. The van der Waals surface area contributed by atoms with Gasteiger partial charge in [-0.1, -0.05) is 36.6 Å². The second-order valence-corrected chi connectivity index (χ2v) is 11.5. The molecule has 1 atom stereocenters. The van der Waals surface area contributed by atoms with Crippen molar-refractivity contribution in [3.05, 3.63) is 52.2 Å². The van der Waals surface area contributed by atoms with Crippen LogP contribution in [-0.4, -0.2) is 56.3 Å². The van der Waals surface area contributed by atoms with Crippen molar-refractivity contribution in [2.45, 2.75) is 43.5 Å². The summed E-state index contributed by atoms with van der Waals surface area (Å²) in [7, 11) is -3.48. The van der Waals surface area contributed by atoms with Crippen LogP contribution in [0.5, 0.6) is 0 Å². The summed E-state index contributed by atoms with van der Waals surface area (Å²) >= 11 is 1.71. The molecule has 0 spiro atoms. The Kier molecular flexibility index (Phi) is 7.11. The molecule has 1 aliphatic heterocycles. The predicted octanol–water partition coefficient (Wildman–Crippen LogP) is 3.41. The number of aryl methyl sites for hydroxylation is 1. The van der Waals surface area contributed by atoms with E-state index in [1.807, 2.05) is 25.1 Å². The largest absolute Gasteiger partial charge is 0.347 e. The Morgan fingerprint density at radius 2 is 1.77 bits per heavy atom. The smallest absolute Gasteiger partial charge is 0.243 e. The van der Waals surface area contributed by atoms with Crippen molar-refractivity contribution in [2.24, 2.45) is 5.92 Å². The number of benzene rings is 1. The summed E-state index contributed by atoms with van der Waals surface area (Å²) in [6.07, 6.45) is 4.80. The van der Waals surface area contributed by atoms with E-state index in [-0.39, 0.29) is 11.9 Å². The Balaban J connectivity index is 1.32. The lowest BCUT2D eigenvalue weighted by atomic mass is 9.96. The number of nitrogens with zero attached hydrogens (tertiary/aromatic N) is 2. The van der Waals surface area contributed by atoms with Crippen molar-refractivity contribution in [3.63, 3.8) is 0 Å². The van der Waals surface area contributed by atoms with E-state index in [2.05, 4.69) is 21.7 Å². The number of piperazine rings is 1. The Morgan fingerprint density at radius 1 is 1.10 bits per heavy atom. The zero-order valence-corrected chi connectivity index (χ0v) is 19.6. The first kappa shape index (κ1) is 22.5. The van der Waals surface area contributed by atoms with E-state index in [1.54, 1.807) is 23.5 Å². The van der Waals surface area contributed by atoms with Gasteiger partial charge in [-0.15, -0.1) is 11.3 Å². The highest BCUT2D eigenvalue weighted by molar-refractivity contribution is 7.89. The van der Waals surface area contributed by atoms with Crippen molar-refractivity contribution in [1.29, 1.82) is 0 Å². The van der Waals surface area contributed by atoms with Gasteiger partial charge in [-0.2, -0.15) is 4.31 Å².